The van der Waals surface area contributed by atoms with E-state index in [1.807, 2.05) is 6.92 Å². The van der Waals surface area contributed by atoms with Crippen LogP contribution in [0, 0.1) is 0 Å². The van der Waals surface area contributed by atoms with E-state index in [0.717, 1.165) is 12.0 Å². The number of anilines is 1. The van der Waals surface area contributed by atoms with E-state index in [4.69, 9.17) is 10.5 Å². The Morgan fingerprint density at radius 1 is 1.45 bits per heavy atom. The average molecular weight is 280 g/mol. The normalized spacial score (nSPS) is 12.8. The van der Waals surface area contributed by atoms with Crippen LogP contribution in [0.4, 0.5) is 10.5 Å². The highest BCUT2D eigenvalue weighted by atomic mass is 16.6. The highest BCUT2D eigenvalue weighted by Crippen LogP contribution is 2.23. The van der Waals surface area contributed by atoms with E-state index in [1.165, 1.54) is 0 Å². The molecule has 1 aromatic rings. The number of aromatic hydroxyl groups is 1. The first kappa shape index (κ1) is 16.3. The quantitative estimate of drug-likeness (QED) is 0.740. The summed E-state index contributed by atoms with van der Waals surface area (Å²) in [6, 6.07) is 5.00. The highest BCUT2D eigenvalue weighted by molar-refractivity contribution is 5.85. The summed E-state index contributed by atoms with van der Waals surface area (Å²) in [5.74, 6) is 0.209. The number of nitrogens with one attached hydrogen (secondary N) is 1. The Kier molecular flexibility index (Phi) is 5.39. The number of benzene rings is 1. The van der Waals surface area contributed by atoms with Crippen LogP contribution >= 0.6 is 0 Å². The van der Waals surface area contributed by atoms with Gasteiger partial charge in [-0.25, -0.2) is 4.79 Å². The third kappa shape index (κ3) is 5.93. The molecule has 0 aliphatic rings. The summed E-state index contributed by atoms with van der Waals surface area (Å²) in [5.41, 5.74) is 6.52. The van der Waals surface area contributed by atoms with Crippen molar-refractivity contribution in [1.82, 2.24) is 0 Å². The Labute approximate surface area is 120 Å². The molecular weight excluding hydrogens is 256 g/mol. The zero-order valence-electron chi connectivity index (χ0n) is 12.6. The van der Waals surface area contributed by atoms with Gasteiger partial charge in [0.1, 0.15) is 11.4 Å². The molecule has 0 unspecified atom stereocenters. The number of hydrogen-bond donors (Lipinski definition) is 3. The van der Waals surface area contributed by atoms with Crippen LogP contribution in [0.25, 0.3) is 0 Å². The van der Waals surface area contributed by atoms with Gasteiger partial charge in [-0.15, -0.1) is 0 Å². The molecule has 0 heterocycles. The van der Waals surface area contributed by atoms with E-state index in [1.54, 1.807) is 39.0 Å². The summed E-state index contributed by atoms with van der Waals surface area (Å²) in [6.07, 6.45) is 0.915. The molecule has 0 spiro atoms. The Balaban J connectivity index is 2.72. The lowest BCUT2D eigenvalue weighted by atomic mass is 10.0. The molecule has 4 N–H and O–H groups in total. The van der Waals surface area contributed by atoms with Gasteiger partial charge >= 0.3 is 6.09 Å². The average Bonchev–Trinajstić information content (AvgIpc) is 2.27. The van der Waals surface area contributed by atoms with E-state index in [2.05, 4.69) is 5.32 Å². The Bertz CT molecular complexity index is 465. The molecule has 1 rings (SSSR count). The van der Waals surface area contributed by atoms with Crippen LogP contribution in [0.15, 0.2) is 18.2 Å². The lowest BCUT2D eigenvalue weighted by Crippen LogP contribution is -2.27. The summed E-state index contributed by atoms with van der Waals surface area (Å²) in [4.78, 5) is 11.7. The van der Waals surface area contributed by atoms with Gasteiger partial charge in [0.2, 0.25) is 0 Å². The molecule has 0 radical (unpaired) electrons. The molecule has 1 aromatic carbocycles. The minimum atomic E-state index is -0.543. The Hall–Kier alpha value is -1.75. The molecule has 20 heavy (non-hydrogen) atoms. The number of ether oxygens (including phenoxy) is 1. The summed E-state index contributed by atoms with van der Waals surface area (Å²) in [7, 11) is 0. The summed E-state index contributed by atoms with van der Waals surface area (Å²) < 4.78 is 5.18. The smallest absolute Gasteiger partial charge is 0.412 e. The number of aryl methyl sites for hydroxylation is 1. The molecule has 1 atom stereocenters. The van der Waals surface area contributed by atoms with Gasteiger partial charge in [-0.3, -0.25) is 5.32 Å². The van der Waals surface area contributed by atoms with Crippen molar-refractivity contribution in [2.75, 3.05) is 5.32 Å². The van der Waals surface area contributed by atoms with Crippen LogP contribution in [0.2, 0.25) is 0 Å². The van der Waals surface area contributed by atoms with Gasteiger partial charge in [-0.2, -0.15) is 0 Å². The number of hydrogen-bond acceptors (Lipinski definition) is 4. The van der Waals surface area contributed by atoms with Gasteiger partial charge < -0.3 is 15.6 Å². The molecule has 0 saturated heterocycles. The highest BCUT2D eigenvalue weighted by Gasteiger charge is 2.16. The number of rotatable bonds is 4. The standard InChI is InChI=1S/C15H24N2O3/c1-10(16)5-6-11-9-12(7-8-13(11)18)17-14(19)20-15(2,3)4/h7-10,18H,5-6,16H2,1-4H3,(H,17,19)/t10-/m1/s1. The maximum atomic E-state index is 11.7. The van der Waals surface area contributed by atoms with Gasteiger partial charge in [0.25, 0.3) is 0 Å². The van der Waals surface area contributed by atoms with Crippen molar-refractivity contribution in [2.24, 2.45) is 5.73 Å². The van der Waals surface area contributed by atoms with Crippen molar-refractivity contribution in [3.05, 3.63) is 23.8 Å². The van der Waals surface area contributed by atoms with Gasteiger partial charge in [-0.1, -0.05) is 0 Å². The van der Waals surface area contributed by atoms with E-state index in [9.17, 15) is 9.90 Å². The van der Waals surface area contributed by atoms with Crippen molar-refractivity contribution in [2.45, 2.75) is 52.2 Å². The van der Waals surface area contributed by atoms with Crippen LogP contribution in [0.3, 0.4) is 0 Å². The topological polar surface area (TPSA) is 84.6 Å². The molecule has 0 aliphatic carbocycles. The first-order valence-corrected chi connectivity index (χ1v) is 6.75. The molecule has 0 bridgehead atoms. The first-order valence-electron chi connectivity index (χ1n) is 6.75. The van der Waals surface area contributed by atoms with E-state index in [-0.39, 0.29) is 11.8 Å². The second-order valence-corrected chi connectivity index (χ2v) is 5.99. The van der Waals surface area contributed by atoms with Crippen molar-refractivity contribution in [1.29, 1.82) is 0 Å². The fourth-order valence-electron chi connectivity index (χ4n) is 1.67. The molecule has 5 nitrogen and oxygen atoms in total. The third-order valence-corrected chi connectivity index (χ3v) is 2.59. The van der Waals surface area contributed by atoms with Crippen molar-refractivity contribution in [3.8, 4) is 5.75 Å². The number of phenolic OH excluding ortho intramolecular Hbond substituents is 1. The molecule has 0 saturated carbocycles. The van der Waals surface area contributed by atoms with Gasteiger partial charge in [0, 0.05) is 11.7 Å². The number of nitrogens with two attached hydrogens (primary N) is 1. The summed E-state index contributed by atoms with van der Waals surface area (Å²) in [5, 5.41) is 12.4. The zero-order valence-corrected chi connectivity index (χ0v) is 12.6. The minimum Gasteiger partial charge on any atom is -0.508 e. The monoisotopic (exact) mass is 280 g/mol. The fraction of sp³-hybridized carbons (Fsp3) is 0.533. The maximum Gasteiger partial charge on any atom is 0.412 e. The second kappa shape index (κ2) is 6.61. The van der Waals surface area contributed by atoms with E-state index in [0.29, 0.717) is 12.1 Å². The number of carbonyl (C=O) groups is 1. The summed E-state index contributed by atoms with van der Waals surface area (Å²) >= 11 is 0. The lowest BCUT2D eigenvalue weighted by Gasteiger charge is -2.20. The Morgan fingerprint density at radius 3 is 2.65 bits per heavy atom. The molecule has 0 aromatic heterocycles. The molecule has 1 amide bonds. The zero-order chi connectivity index (χ0) is 15.3. The molecule has 5 heteroatoms. The molecular formula is C15H24N2O3. The van der Waals surface area contributed by atoms with Crippen molar-refractivity contribution >= 4 is 11.8 Å². The second-order valence-electron chi connectivity index (χ2n) is 5.99. The third-order valence-electron chi connectivity index (χ3n) is 2.59. The molecule has 0 fully saturated rings. The lowest BCUT2D eigenvalue weighted by molar-refractivity contribution is 0.0636. The molecule has 0 aliphatic heterocycles. The molecule has 112 valence electrons. The SMILES string of the molecule is C[C@@H](N)CCc1cc(NC(=O)OC(C)(C)C)ccc1O. The Morgan fingerprint density at radius 2 is 2.10 bits per heavy atom. The van der Waals surface area contributed by atoms with E-state index >= 15 is 0 Å². The minimum absolute atomic E-state index is 0.0665. The van der Waals surface area contributed by atoms with Crippen LogP contribution < -0.4 is 11.1 Å². The predicted molar refractivity (Wildman–Crippen MR) is 79.9 cm³/mol. The van der Waals surface area contributed by atoms with Crippen LogP contribution in [-0.2, 0) is 11.2 Å². The largest absolute Gasteiger partial charge is 0.508 e. The van der Waals surface area contributed by atoms with Crippen LogP contribution in [-0.4, -0.2) is 22.8 Å². The van der Waals surface area contributed by atoms with Crippen molar-refractivity contribution in [3.63, 3.8) is 0 Å². The number of carbonyl (C=O) groups excluding carboxylic acids is 1. The first-order chi connectivity index (χ1) is 9.17. The van der Waals surface area contributed by atoms with Crippen LogP contribution in [0.1, 0.15) is 39.7 Å². The van der Waals surface area contributed by atoms with Gasteiger partial charge in [0.15, 0.2) is 0 Å². The number of phenols is 1. The summed E-state index contributed by atoms with van der Waals surface area (Å²) in [6.45, 7) is 7.33. The van der Waals surface area contributed by atoms with E-state index < -0.39 is 11.7 Å². The fourth-order valence-corrected chi connectivity index (χ4v) is 1.67. The number of amides is 1. The van der Waals surface area contributed by atoms with Gasteiger partial charge in [0.05, 0.1) is 0 Å². The van der Waals surface area contributed by atoms with Crippen LogP contribution in [0.5, 0.6) is 5.75 Å². The van der Waals surface area contributed by atoms with Crippen molar-refractivity contribution < 1.29 is 14.6 Å². The van der Waals surface area contributed by atoms with Gasteiger partial charge in [-0.05, 0) is 64.3 Å². The predicted octanol–water partition coefficient (Wildman–Crippen LogP) is 3.02. The maximum absolute atomic E-state index is 11.7.